The number of benzene rings is 1. The van der Waals surface area contributed by atoms with Crippen LogP contribution < -0.4 is 11.1 Å². The van der Waals surface area contributed by atoms with E-state index in [-0.39, 0.29) is 6.54 Å². The van der Waals surface area contributed by atoms with Gasteiger partial charge in [-0.05, 0) is 32.9 Å². The number of nitrogens with one attached hydrogen (secondary N) is 1. The summed E-state index contributed by atoms with van der Waals surface area (Å²) in [5.41, 5.74) is 6.62. The van der Waals surface area contributed by atoms with Crippen molar-refractivity contribution < 1.29 is 9.53 Å². The minimum Gasteiger partial charge on any atom is -0.444 e. The molecule has 1 heterocycles. The van der Waals surface area contributed by atoms with Crippen LogP contribution in [0.3, 0.4) is 0 Å². The van der Waals surface area contributed by atoms with E-state index in [0.29, 0.717) is 5.69 Å². The zero-order valence-electron chi connectivity index (χ0n) is 13.0. The summed E-state index contributed by atoms with van der Waals surface area (Å²) in [6.45, 7) is 5.61. The molecule has 0 aliphatic rings. The number of nitrogens with two attached hydrogens (primary N) is 1. The minimum absolute atomic E-state index is 0.201. The number of para-hydroxylation sites is 1. The van der Waals surface area contributed by atoms with Crippen LogP contribution in [0.5, 0.6) is 0 Å². The van der Waals surface area contributed by atoms with Crippen molar-refractivity contribution in [2.45, 2.75) is 32.4 Å². The van der Waals surface area contributed by atoms with Gasteiger partial charge in [0.1, 0.15) is 11.3 Å². The van der Waals surface area contributed by atoms with Crippen LogP contribution in [-0.2, 0) is 4.74 Å². The standard InChI is InChI=1S/C15H21N5O2/c1-15(2,3)22-14(21)17-12(9-16)13-10-20(19-18-13)11-7-5-4-6-8-11/h4-8,10,12H,9,16H2,1-3H3,(H,17,21). The van der Waals surface area contributed by atoms with E-state index in [4.69, 9.17) is 10.5 Å². The van der Waals surface area contributed by atoms with Gasteiger partial charge in [-0.1, -0.05) is 23.4 Å². The molecule has 0 saturated heterocycles. The highest BCUT2D eigenvalue weighted by Crippen LogP contribution is 2.13. The summed E-state index contributed by atoms with van der Waals surface area (Å²) in [5.74, 6) is 0. The molecular weight excluding hydrogens is 282 g/mol. The van der Waals surface area contributed by atoms with Gasteiger partial charge >= 0.3 is 6.09 Å². The number of ether oxygens (including phenoxy) is 1. The van der Waals surface area contributed by atoms with Crippen LogP contribution in [0.15, 0.2) is 36.5 Å². The fraction of sp³-hybridized carbons (Fsp3) is 0.400. The third-order valence-corrected chi connectivity index (χ3v) is 2.82. The lowest BCUT2D eigenvalue weighted by Gasteiger charge is -2.22. The Labute approximate surface area is 129 Å². The third-order valence-electron chi connectivity index (χ3n) is 2.82. The summed E-state index contributed by atoms with van der Waals surface area (Å²) >= 11 is 0. The maximum Gasteiger partial charge on any atom is 0.408 e. The number of alkyl carbamates (subject to hydrolysis) is 1. The normalized spacial score (nSPS) is 12.7. The fourth-order valence-electron chi connectivity index (χ4n) is 1.85. The highest BCUT2D eigenvalue weighted by atomic mass is 16.6. The van der Waals surface area contributed by atoms with Gasteiger partial charge in [0, 0.05) is 6.54 Å². The van der Waals surface area contributed by atoms with Crippen molar-refractivity contribution in [2.75, 3.05) is 6.54 Å². The second-order valence-electron chi connectivity index (χ2n) is 5.86. The first-order chi connectivity index (χ1) is 10.4. The predicted octanol–water partition coefficient (Wildman–Crippen LogP) is 1.79. The Bertz CT molecular complexity index is 618. The van der Waals surface area contributed by atoms with E-state index in [0.717, 1.165) is 5.69 Å². The van der Waals surface area contributed by atoms with Crippen molar-refractivity contribution in [3.63, 3.8) is 0 Å². The largest absolute Gasteiger partial charge is 0.444 e. The van der Waals surface area contributed by atoms with E-state index in [1.54, 1.807) is 31.6 Å². The number of hydrogen-bond acceptors (Lipinski definition) is 5. The van der Waals surface area contributed by atoms with E-state index < -0.39 is 17.7 Å². The average molecular weight is 303 g/mol. The lowest BCUT2D eigenvalue weighted by atomic mass is 10.2. The summed E-state index contributed by atoms with van der Waals surface area (Å²) < 4.78 is 6.86. The van der Waals surface area contributed by atoms with Crippen LogP contribution in [-0.4, -0.2) is 33.2 Å². The van der Waals surface area contributed by atoms with Gasteiger partial charge in [-0.3, -0.25) is 0 Å². The van der Waals surface area contributed by atoms with E-state index in [2.05, 4.69) is 15.6 Å². The topological polar surface area (TPSA) is 95.1 Å². The van der Waals surface area contributed by atoms with E-state index >= 15 is 0 Å². The van der Waals surface area contributed by atoms with Crippen LogP contribution in [0.2, 0.25) is 0 Å². The van der Waals surface area contributed by atoms with Crippen LogP contribution in [0.4, 0.5) is 4.79 Å². The van der Waals surface area contributed by atoms with Gasteiger partial charge in [-0.25, -0.2) is 9.48 Å². The molecule has 0 aliphatic carbocycles. The van der Waals surface area contributed by atoms with Crippen molar-refractivity contribution in [1.82, 2.24) is 20.3 Å². The van der Waals surface area contributed by atoms with E-state index in [1.807, 2.05) is 30.3 Å². The molecule has 2 aromatic rings. The van der Waals surface area contributed by atoms with E-state index in [9.17, 15) is 4.79 Å². The molecule has 1 aromatic heterocycles. The molecule has 0 bridgehead atoms. The van der Waals surface area contributed by atoms with Crippen LogP contribution in [0.25, 0.3) is 5.69 Å². The number of rotatable bonds is 4. The number of aromatic nitrogens is 3. The summed E-state index contributed by atoms with van der Waals surface area (Å²) in [4.78, 5) is 11.8. The highest BCUT2D eigenvalue weighted by Gasteiger charge is 2.21. The summed E-state index contributed by atoms with van der Waals surface area (Å²) in [7, 11) is 0. The van der Waals surface area contributed by atoms with Gasteiger partial charge in [0.05, 0.1) is 17.9 Å². The summed E-state index contributed by atoms with van der Waals surface area (Å²) in [6, 6.07) is 9.13. The lowest BCUT2D eigenvalue weighted by Crippen LogP contribution is -2.37. The van der Waals surface area contributed by atoms with Gasteiger partial charge in [0.2, 0.25) is 0 Å². The molecule has 0 fully saturated rings. The molecule has 3 N–H and O–H groups in total. The molecule has 0 spiro atoms. The molecule has 1 amide bonds. The molecule has 0 aliphatic heterocycles. The Morgan fingerprint density at radius 3 is 2.64 bits per heavy atom. The van der Waals surface area contributed by atoms with Crippen molar-refractivity contribution in [1.29, 1.82) is 0 Å². The quantitative estimate of drug-likeness (QED) is 0.898. The summed E-state index contributed by atoms with van der Waals surface area (Å²) in [5, 5.41) is 10.8. The van der Waals surface area contributed by atoms with Crippen molar-refractivity contribution in [3.05, 3.63) is 42.2 Å². The maximum absolute atomic E-state index is 11.8. The molecule has 1 aromatic carbocycles. The number of hydrogen-bond donors (Lipinski definition) is 2. The predicted molar refractivity (Wildman–Crippen MR) is 82.5 cm³/mol. The van der Waals surface area contributed by atoms with Crippen molar-refractivity contribution in [3.8, 4) is 5.69 Å². The second-order valence-corrected chi connectivity index (χ2v) is 5.86. The Kier molecular flexibility index (Phi) is 4.77. The smallest absolute Gasteiger partial charge is 0.408 e. The van der Waals surface area contributed by atoms with Crippen molar-refractivity contribution >= 4 is 6.09 Å². The number of nitrogens with zero attached hydrogens (tertiary/aromatic N) is 3. The number of carbonyl (C=O) groups excluding carboxylic acids is 1. The zero-order valence-corrected chi connectivity index (χ0v) is 13.0. The monoisotopic (exact) mass is 303 g/mol. The Morgan fingerprint density at radius 1 is 1.36 bits per heavy atom. The van der Waals surface area contributed by atoms with Crippen LogP contribution >= 0.6 is 0 Å². The Balaban J connectivity index is 2.09. The summed E-state index contributed by atoms with van der Waals surface area (Å²) in [6.07, 6.45) is 1.21. The first-order valence-electron chi connectivity index (χ1n) is 7.06. The Hall–Kier alpha value is -2.41. The molecule has 7 heteroatoms. The van der Waals surface area contributed by atoms with Gasteiger partial charge in [-0.15, -0.1) is 5.10 Å². The van der Waals surface area contributed by atoms with Crippen LogP contribution in [0, 0.1) is 0 Å². The SMILES string of the molecule is CC(C)(C)OC(=O)NC(CN)c1cn(-c2ccccc2)nn1. The van der Waals surface area contributed by atoms with Gasteiger partial charge in [0.25, 0.3) is 0 Å². The molecular formula is C15H21N5O2. The molecule has 1 unspecified atom stereocenters. The first kappa shape index (κ1) is 16.0. The molecule has 22 heavy (non-hydrogen) atoms. The van der Waals surface area contributed by atoms with Gasteiger partial charge in [-0.2, -0.15) is 0 Å². The molecule has 118 valence electrons. The van der Waals surface area contributed by atoms with Crippen LogP contribution in [0.1, 0.15) is 32.5 Å². The third kappa shape index (κ3) is 4.29. The van der Waals surface area contributed by atoms with E-state index in [1.165, 1.54) is 0 Å². The maximum atomic E-state index is 11.8. The molecule has 7 nitrogen and oxygen atoms in total. The van der Waals surface area contributed by atoms with Crippen molar-refractivity contribution in [2.24, 2.45) is 5.73 Å². The molecule has 0 radical (unpaired) electrons. The fourth-order valence-corrected chi connectivity index (χ4v) is 1.85. The first-order valence-corrected chi connectivity index (χ1v) is 7.06. The highest BCUT2D eigenvalue weighted by molar-refractivity contribution is 5.68. The second kappa shape index (κ2) is 6.57. The minimum atomic E-state index is -0.565. The Morgan fingerprint density at radius 2 is 2.05 bits per heavy atom. The van der Waals surface area contributed by atoms with Gasteiger partial charge < -0.3 is 15.8 Å². The number of amides is 1. The van der Waals surface area contributed by atoms with Gasteiger partial charge in [0.15, 0.2) is 0 Å². The molecule has 1 atom stereocenters. The zero-order chi connectivity index (χ0) is 16.2. The molecule has 0 saturated carbocycles. The lowest BCUT2D eigenvalue weighted by molar-refractivity contribution is 0.0504. The molecule has 2 rings (SSSR count). The average Bonchev–Trinajstić information content (AvgIpc) is 2.93. The number of carbonyl (C=O) groups is 1.